The quantitative estimate of drug-likeness (QED) is 0.645. The van der Waals surface area contributed by atoms with Crippen molar-refractivity contribution in [2.24, 2.45) is 5.92 Å². The zero-order valence-electron chi connectivity index (χ0n) is 10.6. The van der Waals surface area contributed by atoms with Gasteiger partial charge in [-0.05, 0) is 19.1 Å². The highest BCUT2D eigenvalue weighted by Crippen LogP contribution is 2.29. The van der Waals surface area contributed by atoms with Crippen LogP contribution in [0.1, 0.15) is 20.8 Å². The van der Waals surface area contributed by atoms with Crippen molar-refractivity contribution in [2.75, 3.05) is 11.9 Å². The number of hydrogen-bond donors (Lipinski definition) is 1. The fraction of sp³-hybridized carbons (Fsp3) is 0.417. The van der Waals surface area contributed by atoms with Crippen molar-refractivity contribution in [2.45, 2.75) is 20.8 Å². The SMILES string of the molecule is CCOc1ccc(NC(=O)C(C)C)c([N+](=O)[O-])c1. The number of carbonyl (C=O) groups is 1. The second-order valence-electron chi connectivity index (χ2n) is 4.01. The molecule has 1 aromatic rings. The highest BCUT2D eigenvalue weighted by atomic mass is 16.6. The van der Waals surface area contributed by atoms with Crippen LogP contribution in [-0.2, 0) is 4.79 Å². The molecule has 18 heavy (non-hydrogen) atoms. The molecule has 0 aromatic heterocycles. The summed E-state index contributed by atoms with van der Waals surface area (Å²) in [5, 5.41) is 13.5. The summed E-state index contributed by atoms with van der Waals surface area (Å²) in [6.45, 7) is 5.65. The summed E-state index contributed by atoms with van der Waals surface area (Å²) >= 11 is 0. The van der Waals surface area contributed by atoms with Crippen molar-refractivity contribution in [3.8, 4) is 5.75 Å². The van der Waals surface area contributed by atoms with Crippen LogP contribution in [-0.4, -0.2) is 17.4 Å². The number of nitro benzene ring substituents is 1. The van der Waals surface area contributed by atoms with Gasteiger partial charge in [-0.1, -0.05) is 13.8 Å². The van der Waals surface area contributed by atoms with Gasteiger partial charge < -0.3 is 10.1 Å². The van der Waals surface area contributed by atoms with E-state index >= 15 is 0 Å². The maximum Gasteiger partial charge on any atom is 0.296 e. The molecule has 0 aliphatic carbocycles. The molecule has 0 spiro atoms. The first-order chi connectivity index (χ1) is 8.45. The average Bonchev–Trinajstić information content (AvgIpc) is 2.30. The number of anilines is 1. The van der Waals surface area contributed by atoms with Crippen molar-refractivity contribution in [1.82, 2.24) is 0 Å². The van der Waals surface area contributed by atoms with Crippen molar-refractivity contribution in [1.29, 1.82) is 0 Å². The van der Waals surface area contributed by atoms with Crippen LogP contribution in [0.4, 0.5) is 11.4 Å². The van der Waals surface area contributed by atoms with Gasteiger partial charge in [-0.25, -0.2) is 0 Å². The van der Waals surface area contributed by atoms with E-state index in [1.54, 1.807) is 26.8 Å². The Morgan fingerprint density at radius 3 is 2.67 bits per heavy atom. The first kappa shape index (κ1) is 14.0. The molecular weight excluding hydrogens is 236 g/mol. The van der Waals surface area contributed by atoms with Gasteiger partial charge in [0.25, 0.3) is 5.69 Å². The number of hydrogen-bond acceptors (Lipinski definition) is 4. The largest absolute Gasteiger partial charge is 0.494 e. The molecule has 98 valence electrons. The first-order valence-corrected chi connectivity index (χ1v) is 5.67. The van der Waals surface area contributed by atoms with Crippen LogP contribution < -0.4 is 10.1 Å². The summed E-state index contributed by atoms with van der Waals surface area (Å²) in [7, 11) is 0. The number of rotatable bonds is 5. The van der Waals surface area contributed by atoms with Gasteiger partial charge in [-0.15, -0.1) is 0 Å². The Morgan fingerprint density at radius 2 is 2.17 bits per heavy atom. The molecule has 0 bridgehead atoms. The highest BCUT2D eigenvalue weighted by molar-refractivity contribution is 5.94. The summed E-state index contributed by atoms with van der Waals surface area (Å²) in [5.41, 5.74) is 0.0112. The Bertz CT molecular complexity index is 457. The number of nitrogens with one attached hydrogen (secondary N) is 1. The predicted molar refractivity (Wildman–Crippen MR) is 67.7 cm³/mol. The van der Waals surface area contributed by atoms with Gasteiger partial charge in [0.05, 0.1) is 17.6 Å². The van der Waals surface area contributed by atoms with E-state index < -0.39 is 4.92 Å². The van der Waals surface area contributed by atoms with Crippen LogP contribution in [0.2, 0.25) is 0 Å². The maximum absolute atomic E-state index is 11.5. The smallest absolute Gasteiger partial charge is 0.296 e. The number of amides is 1. The number of benzene rings is 1. The second kappa shape index (κ2) is 6.00. The number of nitrogens with zero attached hydrogens (tertiary/aromatic N) is 1. The molecule has 1 N–H and O–H groups in total. The van der Waals surface area contributed by atoms with E-state index in [0.29, 0.717) is 12.4 Å². The molecule has 0 unspecified atom stereocenters. The molecule has 1 aromatic carbocycles. The van der Waals surface area contributed by atoms with E-state index in [-0.39, 0.29) is 23.2 Å². The van der Waals surface area contributed by atoms with Crippen molar-refractivity contribution < 1.29 is 14.5 Å². The Morgan fingerprint density at radius 1 is 1.50 bits per heavy atom. The standard InChI is InChI=1S/C12H16N2O4/c1-4-18-9-5-6-10(11(7-9)14(16)17)13-12(15)8(2)3/h5-8H,4H2,1-3H3,(H,13,15). The fourth-order valence-electron chi connectivity index (χ4n) is 1.30. The molecule has 0 atom stereocenters. The second-order valence-corrected chi connectivity index (χ2v) is 4.01. The Hall–Kier alpha value is -2.11. The molecule has 0 radical (unpaired) electrons. The lowest BCUT2D eigenvalue weighted by Crippen LogP contribution is -2.18. The van der Waals surface area contributed by atoms with Crippen molar-refractivity contribution in [3.63, 3.8) is 0 Å². The average molecular weight is 252 g/mol. The van der Waals surface area contributed by atoms with Gasteiger partial charge in [-0.2, -0.15) is 0 Å². The lowest BCUT2D eigenvalue weighted by Gasteiger charge is -2.09. The highest BCUT2D eigenvalue weighted by Gasteiger charge is 2.18. The maximum atomic E-state index is 11.5. The van der Waals surface area contributed by atoms with Gasteiger partial charge in [0.2, 0.25) is 5.91 Å². The van der Waals surface area contributed by atoms with E-state index in [1.807, 2.05) is 0 Å². The van der Waals surface area contributed by atoms with Crippen LogP contribution in [0.5, 0.6) is 5.75 Å². The summed E-state index contributed by atoms with van der Waals surface area (Å²) in [5.74, 6) is -0.0924. The third kappa shape index (κ3) is 3.44. The molecule has 0 aliphatic rings. The zero-order chi connectivity index (χ0) is 13.7. The molecule has 0 saturated carbocycles. The minimum Gasteiger partial charge on any atom is -0.494 e. The molecule has 1 amide bonds. The van der Waals surface area contributed by atoms with Gasteiger partial charge >= 0.3 is 0 Å². The van der Waals surface area contributed by atoms with Crippen LogP contribution in [0.15, 0.2) is 18.2 Å². The van der Waals surface area contributed by atoms with Gasteiger partial charge in [-0.3, -0.25) is 14.9 Å². The third-order valence-electron chi connectivity index (χ3n) is 2.26. The number of ether oxygens (including phenoxy) is 1. The van der Waals surface area contributed by atoms with Crippen LogP contribution in [0, 0.1) is 16.0 Å². The van der Waals surface area contributed by atoms with Gasteiger partial charge in [0.15, 0.2) is 0 Å². The van der Waals surface area contributed by atoms with E-state index in [1.165, 1.54) is 12.1 Å². The normalized spacial score (nSPS) is 10.2. The van der Waals surface area contributed by atoms with E-state index in [0.717, 1.165) is 0 Å². The molecule has 6 nitrogen and oxygen atoms in total. The minimum atomic E-state index is -0.543. The van der Waals surface area contributed by atoms with E-state index in [4.69, 9.17) is 4.74 Å². The summed E-state index contributed by atoms with van der Waals surface area (Å²) in [6, 6.07) is 4.37. The Labute approximate surface area is 105 Å². The van der Waals surface area contributed by atoms with Crippen LogP contribution >= 0.6 is 0 Å². The number of nitro groups is 1. The first-order valence-electron chi connectivity index (χ1n) is 5.67. The molecule has 0 fully saturated rings. The van der Waals surface area contributed by atoms with E-state index in [9.17, 15) is 14.9 Å². The topological polar surface area (TPSA) is 81.5 Å². The van der Waals surface area contributed by atoms with Gasteiger partial charge in [0, 0.05) is 5.92 Å². The summed E-state index contributed by atoms with van der Waals surface area (Å²) in [4.78, 5) is 21.9. The summed E-state index contributed by atoms with van der Waals surface area (Å²) in [6.07, 6.45) is 0. The van der Waals surface area contributed by atoms with Crippen molar-refractivity contribution in [3.05, 3.63) is 28.3 Å². The Balaban J connectivity index is 3.04. The van der Waals surface area contributed by atoms with E-state index in [2.05, 4.69) is 5.32 Å². The lowest BCUT2D eigenvalue weighted by molar-refractivity contribution is -0.384. The molecular formula is C12H16N2O4. The number of carbonyl (C=O) groups excluding carboxylic acids is 1. The van der Waals surface area contributed by atoms with Crippen LogP contribution in [0.25, 0.3) is 0 Å². The van der Waals surface area contributed by atoms with Gasteiger partial charge in [0.1, 0.15) is 11.4 Å². The molecule has 6 heteroatoms. The Kier molecular flexibility index (Phi) is 4.65. The minimum absolute atomic E-state index is 0.171. The summed E-state index contributed by atoms with van der Waals surface area (Å²) < 4.78 is 5.19. The lowest BCUT2D eigenvalue weighted by atomic mass is 10.2. The predicted octanol–water partition coefficient (Wildman–Crippen LogP) is 2.59. The molecule has 0 heterocycles. The van der Waals surface area contributed by atoms with Crippen LogP contribution in [0.3, 0.4) is 0 Å². The fourth-order valence-corrected chi connectivity index (χ4v) is 1.30. The zero-order valence-corrected chi connectivity index (χ0v) is 10.6. The molecule has 0 saturated heterocycles. The monoisotopic (exact) mass is 252 g/mol. The molecule has 0 aliphatic heterocycles. The third-order valence-corrected chi connectivity index (χ3v) is 2.26. The van der Waals surface area contributed by atoms with Crippen molar-refractivity contribution >= 4 is 17.3 Å². The molecule has 1 rings (SSSR count).